The molecule has 0 unspecified atom stereocenters. The number of esters is 1. The van der Waals surface area contributed by atoms with Gasteiger partial charge in [0.25, 0.3) is 0 Å². The topological polar surface area (TPSA) is 71.1 Å². The Hall–Kier alpha value is -3.28. The molecule has 0 saturated heterocycles. The van der Waals surface area contributed by atoms with Crippen molar-refractivity contribution in [3.8, 4) is 17.2 Å². The Kier molecular flexibility index (Phi) is 8.31. The van der Waals surface area contributed by atoms with E-state index in [9.17, 15) is 9.59 Å². The molecule has 0 aromatic heterocycles. The van der Waals surface area contributed by atoms with E-state index < -0.39 is 5.41 Å². The third kappa shape index (κ3) is 6.85. The molecule has 33 heavy (non-hydrogen) atoms. The number of rotatable bonds is 8. The number of hydrogen-bond acceptors (Lipinski definition) is 6. The van der Waals surface area contributed by atoms with Crippen molar-refractivity contribution in [2.45, 2.75) is 47.0 Å². The molecule has 0 heterocycles. The van der Waals surface area contributed by atoms with Crippen molar-refractivity contribution in [2.24, 2.45) is 5.41 Å². The summed E-state index contributed by atoms with van der Waals surface area (Å²) in [4.78, 5) is 24.5. The molecule has 0 aliphatic carbocycles. The molecular weight excluding hydrogens is 420 g/mol. The number of carbonyl (C=O) groups is 2. The molecule has 0 aliphatic heterocycles. The van der Waals surface area contributed by atoms with E-state index in [0.29, 0.717) is 28.4 Å². The molecule has 0 N–H and O–H groups in total. The van der Waals surface area contributed by atoms with Crippen molar-refractivity contribution >= 4 is 17.8 Å². The van der Waals surface area contributed by atoms with Crippen molar-refractivity contribution in [2.75, 3.05) is 21.0 Å². The molecule has 6 heteroatoms. The standard InChI is InChI=1S/C27H34O6/c1-26(2,3)21-14-16-23(30-7)20(24(21)31-8)13-15-22(28)18-9-11-19(12-10-18)32-17-33-25(29)27(4,5)6/h9-16H,17H2,1-8H3. The Bertz CT molecular complexity index is 1000. The molecule has 0 radical (unpaired) electrons. The number of ketones is 1. The fourth-order valence-corrected chi connectivity index (χ4v) is 3.07. The van der Waals surface area contributed by atoms with Crippen LogP contribution >= 0.6 is 0 Å². The van der Waals surface area contributed by atoms with Gasteiger partial charge in [0.2, 0.25) is 6.79 Å². The van der Waals surface area contributed by atoms with Gasteiger partial charge in [-0.25, -0.2) is 0 Å². The highest BCUT2D eigenvalue weighted by molar-refractivity contribution is 6.07. The minimum atomic E-state index is -0.594. The van der Waals surface area contributed by atoms with E-state index in [1.54, 1.807) is 65.3 Å². The van der Waals surface area contributed by atoms with Gasteiger partial charge in [-0.2, -0.15) is 0 Å². The Labute approximate surface area is 196 Å². The minimum Gasteiger partial charge on any atom is -0.496 e. The van der Waals surface area contributed by atoms with Crippen LogP contribution in [-0.4, -0.2) is 32.8 Å². The van der Waals surface area contributed by atoms with E-state index in [1.807, 2.05) is 12.1 Å². The van der Waals surface area contributed by atoms with E-state index in [1.165, 1.54) is 6.08 Å². The highest BCUT2D eigenvalue weighted by atomic mass is 16.7. The lowest BCUT2D eigenvalue weighted by atomic mass is 9.85. The zero-order chi connectivity index (χ0) is 24.8. The van der Waals surface area contributed by atoms with E-state index >= 15 is 0 Å². The summed E-state index contributed by atoms with van der Waals surface area (Å²) in [5.74, 6) is 1.28. The summed E-state index contributed by atoms with van der Waals surface area (Å²) < 4.78 is 21.7. The SMILES string of the molecule is COc1ccc(C(C)(C)C)c(OC)c1C=CC(=O)c1ccc(OCOC(=O)C(C)(C)C)cc1. The molecule has 0 saturated carbocycles. The van der Waals surface area contributed by atoms with Crippen LogP contribution in [0.25, 0.3) is 6.08 Å². The van der Waals surface area contributed by atoms with Gasteiger partial charge in [-0.1, -0.05) is 26.8 Å². The Balaban J connectivity index is 2.15. The molecule has 0 aliphatic rings. The van der Waals surface area contributed by atoms with Crippen LogP contribution in [0.3, 0.4) is 0 Å². The van der Waals surface area contributed by atoms with Crippen molar-refractivity contribution < 1.29 is 28.5 Å². The van der Waals surface area contributed by atoms with Crippen molar-refractivity contribution in [3.63, 3.8) is 0 Å². The Morgan fingerprint density at radius 1 is 0.879 bits per heavy atom. The van der Waals surface area contributed by atoms with Crippen LogP contribution in [0.5, 0.6) is 17.2 Å². The lowest BCUT2D eigenvalue weighted by Crippen LogP contribution is -2.24. The summed E-state index contributed by atoms with van der Waals surface area (Å²) in [5, 5.41) is 0. The van der Waals surface area contributed by atoms with Crippen molar-refractivity contribution in [3.05, 3.63) is 59.2 Å². The fourth-order valence-electron chi connectivity index (χ4n) is 3.07. The van der Waals surface area contributed by atoms with Gasteiger partial charge in [0, 0.05) is 11.1 Å². The van der Waals surface area contributed by atoms with Gasteiger partial charge in [0.15, 0.2) is 5.78 Å². The molecule has 0 atom stereocenters. The third-order valence-electron chi connectivity index (χ3n) is 4.96. The number of benzene rings is 2. The lowest BCUT2D eigenvalue weighted by Gasteiger charge is -2.24. The van der Waals surface area contributed by atoms with E-state index in [4.69, 9.17) is 18.9 Å². The molecule has 2 aromatic carbocycles. The number of hydrogen-bond donors (Lipinski definition) is 0. The van der Waals surface area contributed by atoms with Crippen LogP contribution in [0.1, 0.15) is 63.0 Å². The first-order valence-corrected chi connectivity index (χ1v) is 10.8. The maximum absolute atomic E-state index is 12.7. The summed E-state index contributed by atoms with van der Waals surface area (Å²) in [6, 6.07) is 10.5. The van der Waals surface area contributed by atoms with Crippen molar-refractivity contribution in [1.82, 2.24) is 0 Å². The predicted octanol–water partition coefficient (Wildman–Crippen LogP) is 5.82. The molecule has 0 fully saturated rings. The fraction of sp³-hybridized carbons (Fsp3) is 0.407. The smallest absolute Gasteiger partial charge is 0.314 e. The molecule has 0 spiro atoms. The largest absolute Gasteiger partial charge is 0.496 e. The quantitative estimate of drug-likeness (QED) is 0.217. The summed E-state index contributed by atoms with van der Waals surface area (Å²) >= 11 is 0. The Morgan fingerprint density at radius 2 is 1.52 bits per heavy atom. The summed E-state index contributed by atoms with van der Waals surface area (Å²) in [6.07, 6.45) is 3.21. The van der Waals surface area contributed by atoms with Gasteiger partial charge in [0.05, 0.1) is 25.2 Å². The maximum atomic E-state index is 12.7. The molecule has 2 rings (SSSR count). The monoisotopic (exact) mass is 454 g/mol. The molecule has 178 valence electrons. The van der Waals surface area contributed by atoms with Gasteiger partial charge in [-0.05, 0) is 68.7 Å². The summed E-state index contributed by atoms with van der Waals surface area (Å²) in [7, 11) is 3.20. The second-order valence-corrected chi connectivity index (χ2v) is 9.68. The second kappa shape index (κ2) is 10.6. The number of methoxy groups -OCH3 is 2. The van der Waals surface area contributed by atoms with Crippen LogP contribution in [0.4, 0.5) is 0 Å². The first-order chi connectivity index (χ1) is 15.4. The van der Waals surface area contributed by atoms with Gasteiger partial charge in [0.1, 0.15) is 17.2 Å². The van der Waals surface area contributed by atoms with Crippen LogP contribution < -0.4 is 14.2 Å². The van der Waals surface area contributed by atoms with Gasteiger partial charge < -0.3 is 18.9 Å². The first kappa shape index (κ1) is 26.0. The summed E-state index contributed by atoms with van der Waals surface area (Å²) in [6.45, 7) is 11.4. The van der Waals surface area contributed by atoms with Gasteiger partial charge in [-0.3, -0.25) is 9.59 Å². The highest BCUT2D eigenvalue weighted by Crippen LogP contribution is 2.39. The zero-order valence-electron chi connectivity index (χ0n) is 20.8. The number of ether oxygens (including phenoxy) is 4. The lowest BCUT2D eigenvalue weighted by molar-refractivity contribution is -0.159. The van der Waals surface area contributed by atoms with Gasteiger partial charge in [-0.15, -0.1) is 0 Å². The molecule has 0 amide bonds. The third-order valence-corrected chi connectivity index (χ3v) is 4.96. The molecule has 6 nitrogen and oxygen atoms in total. The molecule has 0 bridgehead atoms. The zero-order valence-corrected chi connectivity index (χ0v) is 20.8. The number of carbonyl (C=O) groups excluding carboxylic acids is 2. The van der Waals surface area contributed by atoms with Gasteiger partial charge >= 0.3 is 5.97 Å². The van der Waals surface area contributed by atoms with Crippen molar-refractivity contribution in [1.29, 1.82) is 0 Å². The van der Waals surface area contributed by atoms with E-state index in [-0.39, 0.29) is 24.0 Å². The van der Waals surface area contributed by atoms with Crippen LogP contribution in [0, 0.1) is 5.41 Å². The number of allylic oxidation sites excluding steroid dienone is 1. The van der Waals surface area contributed by atoms with Crippen LogP contribution in [-0.2, 0) is 14.9 Å². The van der Waals surface area contributed by atoms with E-state index in [2.05, 4.69) is 20.8 Å². The van der Waals surface area contributed by atoms with E-state index in [0.717, 1.165) is 5.56 Å². The normalized spacial score (nSPS) is 11.9. The molecule has 2 aromatic rings. The first-order valence-electron chi connectivity index (χ1n) is 10.8. The van der Waals surface area contributed by atoms with Crippen LogP contribution in [0.15, 0.2) is 42.5 Å². The average molecular weight is 455 g/mol. The summed E-state index contributed by atoms with van der Waals surface area (Å²) in [5.41, 5.74) is 1.49. The maximum Gasteiger partial charge on any atom is 0.314 e. The van der Waals surface area contributed by atoms with Crippen LogP contribution in [0.2, 0.25) is 0 Å². The Morgan fingerprint density at radius 3 is 2.03 bits per heavy atom. The highest BCUT2D eigenvalue weighted by Gasteiger charge is 2.24. The average Bonchev–Trinajstić information content (AvgIpc) is 2.75. The molecular formula is C27H34O6. The predicted molar refractivity (Wildman–Crippen MR) is 129 cm³/mol. The minimum absolute atomic E-state index is 0.138. The second-order valence-electron chi connectivity index (χ2n) is 9.68.